The Morgan fingerprint density at radius 3 is 0.938 bits per heavy atom. The van der Waals surface area contributed by atoms with E-state index in [1.54, 1.807) is 0 Å². The summed E-state index contributed by atoms with van der Waals surface area (Å²) >= 11 is 0. The lowest BCUT2D eigenvalue weighted by Gasteiger charge is -1.79. The molecule has 7 nitrogen and oxygen atoms in total. The number of ether oxygens (including phenoxy) is 1. The van der Waals surface area contributed by atoms with Crippen LogP contribution in [0.4, 0.5) is 9.59 Å². The molecule has 0 radical (unpaired) electrons. The molecule has 0 bridgehead atoms. The molecule has 16 heavy (non-hydrogen) atoms. The second-order valence-electron chi connectivity index (χ2n) is 0.753. The topological polar surface area (TPSA) is 124 Å². The minimum absolute atomic E-state index is 0. The van der Waals surface area contributed by atoms with Crippen LogP contribution in [0.2, 0.25) is 0 Å². The van der Waals surface area contributed by atoms with Crippen LogP contribution in [0.15, 0.2) is 0 Å². The maximum Gasteiger partial charge on any atom is 0.505 e. The third kappa shape index (κ3) is 6610. The molecule has 104 valence electrons. The zero-order valence-electron chi connectivity index (χ0n) is 10.0. The Kier molecular flexibility index (Phi) is 159. The lowest BCUT2D eigenvalue weighted by Crippen LogP contribution is -1.91. The highest BCUT2D eigenvalue weighted by Crippen LogP contribution is 1.60. The van der Waals surface area contributed by atoms with Gasteiger partial charge >= 0.3 is 12.3 Å². The highest BCUT2D eigenvalue weighted by molar-refractivity contribution is 5.56. The number of carbonyl (C=O) groups is 2. The van der Waals surface area contributed by atoms with Crippen LogP contribution in [-0.4, -0.2) is 47.0 Å². The van der Waals surface area contributed by atoms with Gasteiger partial charge in [-0.1, -0.05) is 35.1 Å². The smallest absolute Gasteiger partial charge is 0.450 e. The van der Waals surface area contributed by atoms with Crippen molar-refractivity contribution in [3.63, 3.8) is 0 Å². The summed E-state index contributed by atoms with van der Waals surface area (Å²) in [4.78, 5) is 17.7. The number of aliphatic hydroxyl groups excluding tert-OH is 1. The first-order chi connectivity index (χ1) is 7.00. The van der Waals surface area contributed by atoms with Crippen LogP contribution in [0.25, 0.3) is 0 Å². The molecule has 0 spiro atoms. The van der Waals surface area contributed by atoms with E-state index in [4.69, 9.17) is 30.0 Å². The molecule has 0 aromatic heterocycles. The van der Waals surface area contributed by atoms with Gasteiger partial charge in [0.15, 0.2) is 0 Å². The Hall–Kier alpha value is -1.50. The first-order valence-corrected chi connectivity index (χ1v) is 4.14. The Labute approximate surface area is 97.3 Å². The molecule has 0 saturated heterocycles. The molecule has 0 amide bonds. The van der Waals surface area contributed by atoms with E-state index in [9.17, 15) is 0 Å². The predicted octanol–water partition coefficient (Wildman–Crippen LogP) is 2.83. The number of carboxylic acid groups (broad SMARTS) is 3. The van der Waals surface area contributed by atoms with Gasteiger partial charge < -0.3 is 25.2 Å². The van der Waals surface area contributed by atoms with Gasteiger partial charge in [0, 0.05) is 7.11 Å². The largest absolute Gasteiger partial charge is 0.505 e. The van der Waals surface area contributed by atoms with E-state index in [-0.39, 0.29) is 7.43 Å². The molecule has 0 heterocycles. The standard InChI is InChI=1S/C2H4O3.2C2H6.CH2O3.CH4O.CH4/c1-5-2(3)4;2*1-2;2-1(3)4;1-2;/h1H3,(H,3,4);2*1-2H3;(H2,2,3,4);2H,1H3;1H4. The van der Waals surface area contributed by atoms with Gasteiger partial charge in [-0.2, -0.15) is 0 Å². The first-order valence-electron chi connectivity index (χ1n) is 4.14. The molecule has 0 aliphatic heterocycles. The van der Waals surface area contributed by atoms with Crippen LogP contribution in [0.5, 0.6) is 0 Å². The summed E-state index contributed by atoms with van der Waals surface area (Å²) in [7, 11) is 2.10. The van der Waals surface area contributed by atoms with Crippen LogP contribution >= 0.6 is 0 Å². The van der Waals surface area contributed by atoms with Crippen LogP contribution < -0.4 is 0 Å². The van der Waals surface area contributed by atoms with Crippen molar-refractivity contribution in [1.29, 1.82) is 0 Å². The Morgan fingerprint density at radius 1 is 0.875 bits per heavy atom. The molecule has 0 aliphatic rings. The van der Waals surface area contributed by atoms with Crippen molar-refractivity contribution in [2.75, 3.05) is 14.2 Å². The van der Waals surface area contributed by atoms with Gasteiger partial charge in [-0.15, -0.1) is 0 Å². The summed E-state index contributed by atoms with van der Waals surface area (Å²) in [6, 6.07) is 0. The molecule has 0 aliphatic carbocycles. The van der Waals surface area contributed by atoms with E-state index >= 15 is 0 Å². The quantitative estimate of drug-likeness (QED) is 0.484. The normalized spacial score (nSPS) is 4.69. The molecular weight excluding hydrogens is 220 g/mol. The third-order valence-corrected chi connectivity index (χ3v) is 0.175. The Balaban J connectivity index is -0.0000000207. The summed E-state index contributed by atoms with van der Waals surface area (Å²) in [6.45, 7) is 8.00. The van der Waals surface area contributed by atoms with Crippen LogP contribution in [0.1, 0.15) is 35.1 Å². The zero-order chi connectivity index (χ0) is 13.9. The minimum atomic E-state index is -1.83. The van der Waals surface area contributed by atoms with Gasteiger partial charge in [-0.3, -0.25) is 0 Å². The summed E-state index contributed by atoms with van der Waals surface area (Å²) in [5.74, 6) is 0. The van der Waals surface area contributed by atoms with Crippen molar-refractivity contribution < 1.29 is 34.8 Å². The average molecular weight is 246 g/mol. The van der Waals surface area contributed by atoms with E-state index in [0.717, 1.165) is 14.2 Å². The number of hydrogen-bond donors (Lipinski definition) is 4. The van der Waals surface area contributed by atoms with E-state index in [0.29, 0.717) is 0 Å². The highest BCUT2D eigenvalue weighted by Gasteiger charge is 1.80. The maximum atomic E-state index is 9.15. The highest BCUT2D eigenvalue weighted by atomic mass is 16.6. The molecule has 7 heteroatoms. The van der Waals surface area contributed by atoms with Crippen LogP contribution in [0.3, 0.4) is 0 Å². The fourth-order valence-corrected chi connectivity index (χ4v) is 0. The molecule has 0 unspecified atom stereocenters. The zero-order valence-corrected chi connectivity index (χ0v) is 10.0. The number of methoxy groups -OCH3 is 1. The fraction of sp³-hybridized carbons (Fsp3) is 0.778. The third-order valence-electron chi connectivity index (χ3n) is 0.175. The van der Waals surface area contributed by atoms with Crippen molar-refractivity contribution >= 4 is 12.3 Å². The monoisotopic (exact) mass is 246 g/mol. The maximum absolute atomic E-state index is 9.15. The van der Waals surface area contributed by atoms with E-state index in [1.807, 2.05) is 27.7 Å². The van der Waals surface area contributed by atoms with Crippen molar-refractivity contribution in [1.82, 2.24) is 0 Å². The molecule has 0 aromatic rings. The average Bonchev–Trinajstić information content (AvgIpc) is 2.26. The van der Waals surface area contributed by atoms with Crippen LogP contribution in [0, 0.1) is 0 Å². The van der Waals surface area contributed by atoms with Crippen molar-refractivity contribution in [2.24, 2.45) is 0 Å². The molecule has 0 saturated carbocycles. The molecule has 4 N–H and O–H groups in total. The summed E-state index contributed by atoms with van der Waals surface area (Å²) < 4.78 is 3.67. The van der Waals surface area contributed by atoms with Gasteiger partial charge in [-0.05, 0) is 0 Å². The Morgan fingerprint density at radius 2 is 0.938 bits per heavy atom. The minimum Gasteiger partial charge on any atom is -0.450 e. The van der Waals surface area contributed by atoms with Crippen LogP contribution in [-0.2, 0) is 4.74 Å². The van der Waals surface area contributed by atoms with Gasteiger partial charge in [0.2, 0.25) is 0 Å². The van der Waals surface area contributed by atoms with E-state index in [2.05, 4.69) is 4.74 Å². The molecule has 0 aromatic carbocycles. The fourth-order valence-electron chi connectivity index (χ4n) is 0. The number of aliphatic hydroxyl groups is 1. The molecule has 0 rings (SSSR count). The van der Waals surface area contributed by atoms with E-state index in [1.165, 1.54) is 0 Å². The van der Waals surface area contributed by atoms with Gasteiger partial charge in [-0.25, -0.2) is 9.59 Å². The lowest BCUT2D eigenvalue weighted by atomic mass is 11.0. The van der Waals surface area contributed by atoms with Crippen molar-refractivity contribution in [3.8, 4) is 0 Å². The lowest BCUT2D eigenvalue weighted by molar-refractivity contribution is 0.113. The predicted molar refractivity (Wildman–Crippen MR) is 63.3 cm³/mol. The van der Waals surface area contributed by atoms with Crippen molar-refractivity contribution in [2.45, 2.75) is 35.1 Å². The summed E-state index contributed by atoms with van der Waals surface area (Å²) in [5.41, 5.74) is 0. The first kappa shape index (κ1) is 36.6. The second-order valence-corrected chi connectivity index (χ2v) is 0.753. The van der Waals surface area contributed by atoms with Gasteiger partial charge in [0.25, 0.3) is 0 Å². The Bertz CT molecular complexity index is 100. The van der Waals surface area contributed by atoms with E-state index < -0.39 is 12.3 Å². The van der Waals surface area contributed by atoms with Crippen molar-refractivity contribution in [3.05, 3.63) is 0 Å². The second kappa shape index (κ2) is 69.7. The molecular formula is C9H26O7. The number of rotatable bonds is 0. The molecule has 0 fully saturated rings. The van der Waals surface area contributed by atoms with Gasteiger partial charge in [0.1, 0.15) is 0 Å². The molecule has 0 atom stereocenters. The SMILES string of the molecule is C.CC.CC.CO.COC(=O)O.O=C(O)O. The van der Waals surface area contributed by atoms with Gasteiger partial charge in [0.05, 0.1) is 7.11 Å². The number of hydrogen-bond acceptors (Lipinski definition) is 4. The summed E-state index contributed by atoms with van der Waals surface area (Å²) in [5, 5.41) is 28.4. The summed E-state index contributed by atoms with van der Waals surface area (Å²) in [6.07, 6.45) is -3.08.